The summed E-state index contributed by atoms with van der Waals surface area (Å²) < 4.78 is 20.0. The molecule has 0 saturated heterocycles. The van der Waals surface area contributed by atoms with Gasteiger partial charge >= 0.3 is 6.15 Å². The average molecular weight is 458 g/mol. The van der Waals surface area contributed by atoms with Crippen molar-refractivity contribution < 1.29 is 23.8 Å². The predicted octanol–water partition coefficient (Wildman–Crippen LogP) is 4.84. The Morgan fingerprint density at radius 2 is 1.66 bits per heavy atom. The maximum absolute atomic E-state index is 12.6. The Morgan fingerprint density at radius 3 is 2.34 bits per heavy atom. The van der Waals surface area contributed by atoms with Gasteiger partial charge in [0.1, 0.15) is 5.75 Å². The minimum atomic E-state index is 0.150. The summed E-state index contributed by atoms with van der Waals surface area (Å²) in [6.07, 6.45) is 6.72. The monoisotopic (exact) mass is 457 g/mol. The van der Waals surface area contributed by atoms with Gasteiger partial charge in [0.15, 0.2) is 11.5 Å². The van der Waals surface area contributed by atoms with Crippen molar-refractivity contribution in [2.24, 2.45) is 0 Å². The minimum absolute atomic E-state index is 0.150. The number of carbonyl (C=O) groups excluding carboxylic acids is 2. The van der Waals surface area contributed by atoms with Crippen molar-refractivity contribution in [1.29, 1.82) is 0 Å². The lowest BCUT2D eigenvalue weighted by atomic mass is 10.2. The molecule has 7 nitrogen and oxygen atoms in total. The molecule has 170 valence electrons. The number of benzene rings is 2. The predicted molar refractivity (Wildman–Crippen MR) is 122 cm³/mol. The van der Waals surface area contributed by atoms with E-state index >= 15 is 0 Å². The van der Waals surface area contributed by atoms with Gasteiger partial charge in [-0.25, -0.2) is 0 Å². The zero-order valence-electron chi connectivity index (χ0n) is 18.1. The van der Waals surface area contributed by atoms with E-state index in [-0.39, 0.29) is 11.7 Å². The zero-order chi connectivity index (χ0) is 22.8. The molecular weight excluding hydrogens is 430 g/mol. The summed E-state index contributed by atoms with van der Waals surface area (Å²) in [4.78, 5) is 28.9. The first kappa shape index (κ1) is 23.6. The molecule has 0 spiro atoms. The highest BCUT2D eigenvalue weighted by molar-refractivity contribution is 7.13. The van der Waals surface area contributed by atoms with E-state index in [0.29, 0.717) is 19.3 Å². The van der Waals surface area contributed by atoms with Crippen LogP contribution in [0.15, 0.2) is 47.3 Å². The number of aromatic nitrogens is 1. The Kier molecular flexibility index (Phi) is 8.90. The number of unbranched alkanes of at least 4 members (excludes halogenated alkanes) is 1. The molecule has 2 aromatic carbocycles. The molecule has 0 N–H and O–H groups in total. The van der Waals surface area contributed by atoms with Crippen molar-refractivity contribution in [3.05, 3.63) is 52.8 Å². The number of ether oxygens (including phenoxy) is 3. The summed E-state index contributed by atoms with van der Waals surface area (Å²) >= 11 is 1.58. The molecule has 0 radical (unpaired) electrons. The summed E-state index contributed by atoms with van der Waals surface area (Å²) in [5.41, 5.74) is 0.150. The van der Waals surface area contributed by atoms with Gasteiger partial charge in [-0.1, -0.05) is 36.5 Å². The van der Waals surface area contributed by atoms with Crippen LogP contribution in [0.5, 0.6) is 17.2 Å². The van der Waals surface area contributed by atoms with Crippen LogP contribution in [0.2, 0.25) is 0 Å². The number of methoxy groups -OCH3 is 1. The van der Waals surface area contributed by atoms with Crippen LogP contribution in [0.4, 0.5) is 0 Å². The molecule has 1 aromatic heterocycles. The van der Waals surface area contributed by atoms with Gasteiger partial charge in [0, 0.05) is 6.04 Å². The van der Waals surface area contributed by atoms with Crippen LogP contribution in [0.1, 0.15) is 44.6 Å². The molecule has 0 bridgehead atoms. The molecule has 32 heavy (non-hydrogen) atoms. The molecule has 8 heteroatoms. The molecule has 1 aliphatic carbocycles. The second-order valence-electron chi connectivity index (χ2n) is 7.46. The molecule has 1 fully saturated rings. The highest BCUT2D eigenvalue weighted by atomic mass is 32.1. The van der Waals surface area contributed by atoms with Crippen LogP contribution in [-0.2, 0) is 9.59 Å². The van der Waals surface area contributed by atoms with Crippen LogP contribution in [-0.4, -0.2) is 30.4 Å². The van der Waals surface area contributed by atoms with Gasteiger partial charge < -0.3 is 14.2 Å². The Morgan fingerprint density at radius 1 is 1.00 bits per heavy atom. The van der Waals surface area contributed by atoms with E-state index in [4.69, 9.17) is 23.8 Å². The second-order valence-corrected chi connectivity index (χ2v) is 8.47. The van der Waals surface area contributed by atoms with E-state index in [1.807, 2.05) is 46.4 Å². The quantitative estimate of drug-likeness (QED) is 0.428. The summed E-state index contributed by atoms with van der Waals surface area (Å²) in [5.74, 6) is 2.34. The maximum Gasteiger partial charge on any atom is 0.373 e. The van der Waals surface area contributed by atoms with Crippen molar-refractivity contribution in [2.45, 2.75) is 44.6 Å². The fourth-order valence-electron chi connectivity index (χ4n) is 3.80. The molecule has 0 aliphatic heterocycles. The number of hydrogen-bond donors (Lipinski definition) is 0. The van der Waals surface area contributed by atoms with E-state index < -0.39 is 0 Å². The number of nitrogens with zero attached hydrogens (tertiary/aromatic N) is 1. The lowest BCUT2D eigenvalue weighted by Gasteiger charge is -2.10. The molecule has 0 atom stereocenters. The van der Waals surface area contributed by atoms with E-state index in [1.54, 1.807) is 18.6 Å². The SMILES string of the molecule is COc1ccccc1OCCCCOc1ccc2c(=O)n(C3CCCC3)sc2c1.O=C=O. The van der Waals surface area contributed by atoms with Crippen LogP contribution >= 0.6 is 11.5 Å². The molecule has 1 heterocycles. The molecule has 1 saturated carbocycles. The number of para-hydroxylation sites is 2. The standard InChI is InChI=1S/C23H27NO4S.CO2/c1-26-20-10-4-5-11-21(20)28-15-7-6-14-27-18-12-13-19-22(16-18)29-24(23(19)25)17-8-2-3-9-17;2-1-3/h4-5,10-13,16-17H,2-3,6-9,14-15H2,1H3;. The third kappa shape index (κ3) is 5.99. The topological polar surface area (TPSA) is 83.8 Å². The second kappa shape index (κ2) is 12.1. The van der Waals surface area contributed by atoms with Crippen molar-refractivity contribution in [2.75, 3.05) is 20.3 Å². The lowest BCUT2D eigenvalue weighted by Crippen LogP contribution is -2.16. The molecule has 1 aliphatic rings. The molecule has 4 rings (SSSR count). The third-order valence-electron chi connectivity index (χ3n) is 5.37. The summed E-state index contributed by atoms with van der Waals surface area (Å²) in [6.45, 7) is 1.24. The normalized spacial score (nSPS) is 13.3. The molecule has 3 aromatic rings. The van der Waals surface area contributed by atoms with Gasteiger partial charge in [0.05, 0.1) is 30.4 Å². The molecular formula is C24H27NO6S. The largest absolute Gasteiger partial charge is 0.494 e. The van der Waals surface area contributed by atoms with E-state index in [9.17, 15) is 4.79 Å². The van der Waals surface area contributed by atoms with Gasteiger partial charge in [-0.15, -0.1) is 0 Å². The summed E-state index contributed by atoms with van der Waals surface area (Å²) in [7, 11) is 1.64. The van der Waals surface area contributed by atoms with Crippen molar-refractivity contribution in [1.82, 2.24) is 3.96 Å². The molecule has 0 unspecified atom stereocenters. The van der Waals surface area contributed by atoms with E-state index in [0.717, 1.165) is 53.0 Å². The third-order valence-corrected chi connectivity index (χ3v) is 6.57. The first-order valence-electron chi connectivity index (χ1n) is 10.7. The Bertz CT molecular complexity index is 1090. The molecule has 0 amide bonds. The zero-order valence-corrected chi connectivity index (χ0v) is 18.9. The average Bonchev–Trinajstić information content (AvgIpc) is 3.45. The Labute approximate surface area is 190 Å². The minimum Gasteiger partial charge on any atom is -0.494 e. The van der Waals surface area contributed by atoms with Crippen LogP contribution in [0, 0.1) is 0 Å². The van der Waals surface area contributed by atoms with Gasteiger partial charge in [0.25, 0.3) is 5.56 Å². The number of rotatable bonds is 9. The highest BCUT2D eigenvalue weighted by Gasteiger charge is 2.21. The van der Waals surface area contributed by atoms with Crippen LogP contribution in [0.25, 0.3) is 10.1 Å². The van der Waals surface area contributed by atoms with E-state index in [2.05, 4.69) is 0 Å². The van der Waals surface area contributed by atoms with Gasteiger partial charge in [0.2, 0.25) is 0 Å². The van der Waals surface area contributed by atoms with Crippen LogP contribution in [0.3, 0.4) is 0 Å². The van der Waals surface area contributed by atoms with Gasteiger partial charge in [-0.3, -0.25) is 8.75 Å². The fourth-order valence-corrected chi connectivity index (χ4v) is 4.98. The smallest absolute Gasteiger partial charge is 0.373 e. The first-order valence-corrected chi connectivity index (χ1v) is 11.5. The summed E-state index contributed by atoms with van der Waals surface area (Å²) in [5, 5.41) is 0.805. The Hall–Kier alpha value is -3.09. The van der Waals surface area contributed by atoms with Crippen LogP contribution < -0.4 is 19.8 Å². The lowest BCUT2D eigenvalue weighted by molar-refractivity contribution is -0.191. The first-order chi connectivity index (χ1) is 15.7. The number of hydrogen-bond acceptors (Lipinski definition) is 7. The Balaban J connectivity index is 0.000000913. The number of fused-ring (bicyclic) bond motifs is 1. The van der Waals surface area contributed by atoms with E-state index in [1.165, 1.54) is 12.8 Å². The highest BCUT2D eigenvalue weighted by Crippen LogP contribution is 2.33. The summed E-state index contributed by atoms with van der Waals surface area (Å²) in [6, 6.07) is 13.8. The maximum atomic E-state index is 12.6. The van der Waals surface area contributed by atoms with Gasteiger partial charge in [-0.05, 0) is 56.0 Å². The van der Waals surface area contributed by atoms with Crippen molar-refractivity contribution in [3.63, 3.8) is 0 Å². The fraction of sp³-hybridized carbons (Fsp3) is 0.417. The van der Waals surface area contributed by atoms with Crippen molar-refractivity contribution >= 4 is 27.8 Å². The van der Waals surface area contributed by atoms with Crippen molar-refractivity contribution in [3.8, 4) is 17.2 Å². The van der Waals surface area contributed by atoms with Gasteiger partial charge in [-0.2, -0.15) is 9.59 Å².